The molecule has 0 unspecified atom stereocenters. The Hall–Kier alpha value is -3.52. The molecule has 0 aliphatic carbocycles. The zero-order chi connectivity index (χ0) is 24.3. The minimum atomic E-state index is -4.07. The summed E-state index contributed by atoms with van der Waals surface area (Å²) in [5.41, 5.74) is 3.47. The van der Waals surface area contributed by atoms with Crippen LogP contribution in [0.2, 0.25) is 0 Å². The number of amides is 1. The zero-order valence-electron chi connectivity index (χ0n) is 19.5. The molecule has 0 fully saturated rings. The number of hydrogen-bond acceptors (Lipinski definition) is 5. The molecule has 3 aromatic carbocycles. The van der Waals surface area contributed by atoms with Gasteiger partial charge in [0.05, 0.1) is 24.8 Å². The fourth-order valence-corrected chi connectivity index (χ4v) is 5.48. The van der Waals surface area contributed by atoms with Crippen molar-refractivity contribution in [2.45, 2.75) is 24.8 Å². The van der Waals surface area contributed by atoms with Crippen molar-refractivity contribution < 1.29 is 22.7 Å². The van der Waals surface area contributed by atoms with E-state index in [-0.39, 0.29) is 23.0 Å². The van der Waals surface area contributed by atoms with Crippen molar-refractivity contribution in [2.75, 3.05) is 31.6 Å². The maximum absolute atomic E-state index is 13.8. The van der Waals surface area contributed by atoms with Crippen molar-refractivity contribution in [3.8, 4) is 11.5 Å². The molecule has 1 aliphatic heterocycles. The fourth-order valence-electron chi connectivity index (χ4n) is 4.06. The second kappa shape index (κ2) is 9.77. The Labute approximate surface area is 200 Å². The third-order valence-electron chi connectivity index (χ3n) is 6.03. The number of sulfonamides is 1. The molecule has 4 rings (SSSR count). The van der Waals surface area contributed by atoms with Gasteiger partial charge >= 0.3 is 0 Å². The molecular weight excluding hydrogens is 452 g/mol. The second-order valence-corrected chi connectivity index (χ2v) is 10.1. The smallest absolute Gasteiger partial charge is 0.264 e. The third-order valence-corrected chi connectivity index (χ3v) is 7.80. The normalized spacial score (nSPS) is 13.2. The lowest BCUT2D eigenvalue weighted by atomic mass is 10.00. The van der Waals surface area contributed by atoms with Gasteiger partial charge in [-0.3, -0.25) is 9.10 Å². The topological polar surface area (TPSA) is 76.2 Å². The lowest BCUT2D eigenvalue weighted by molar-refractivity contribution is -0.130. The van der Waals surface area contributed by atoms with E-state index >= 15 is 0 Å². The summed E-state index contributed by atoms with van der Waals surface area (Å²) in [5.74, 6) is 0.502. The van der Waals surface area contributed by atoms with Gasteiger partial charge in [-0.2, -0.15) is 0 Å². The first kappa shape index (κ1) is 23.6. The first-order chi connectivity index (χ1) is 16.3. The van der Waals surface area contributed by atoms with Crippen LogP contribution in [0.15, 0.2) is 71.6 Å². The van der Waals surface area contributed by atoms with Crippen LogP contribution in [0.5, 0.6) is 11.5 Å². The molecule has 0 atom stereocenters. The molecule has 0 saturated heterocycles. The number of fused-ring (bicyclic) bond motifs is 1. The standard InChI is InChI=1S/C26H28N2O5S/c1-19-8-11-23(12-9-19)34(30,31)28(24-16-22(32-2)10-13-25(24)33-3)18-26(29)27-15-14-20-6-4-5-7-21(20)17-27/h4-13,16H,14-15,17-18H2,1-3H3. The van der Waals surface area contributed by atoms with Crippen LogP contribution in [-0.2, 0) is 27.8 Å². The number of rotatable bonds is 7. The summed E-state index contributed by atoms with van der Waals surface area (Å²) >= 11 is 0. The molecule has 0 saturated carbocycles. The van der Waals surface area contributed by atoms with Gasteiger partial charge in [0.25, 0.3) is 10.0 Å². The van der Waals surface area contributed by atoms with E-state index in [0.29, 0.717) is 24.6 Å². The number of benzene rings is 3. The highest BCUT2D eigenvalue weighted by atomic mass is 32.2. The van der Waals surface area contributed by atoms with Crippen LogP contribution in [0, 0.1) is 6.92 Å². The molecule has 0 spiro atoms. The largest absolute Gasteiger partial charge is 0.497 e. The van der Waals surface area contributed by atoms with Gasteiger partial charge in [0.2, 0.25) is 5.91 Å². The summed E-state index contributed by atoms with van der Waals surface area (Å²) in [7, 11) is -1.11. The van der Waals surface area contributed by atoms with Crippen LogP contribution in [0.25, 0.3) is 0 Å². The molecule has 1 aliphatic rings. The molecule has 0 radical (unpaired) electrons. The molecule has 0 bridgehead atoms. The van der Waals surface area contributed by atoms with Gasteiger partial charge in [-0.15, -0.1) is 0 Å². The number of aryl methyl sites for hydroxylation is 1. The number of carbonyl (C=O) groups is 1. The van der Waals surface area contributed by atoms with Crippen molar-refractivity contribution in [1.29, 1.82) is 0 Å². The molecule has 0 aromatic heterocycles. The number of anilines is 1. The number of methoxy groups -OCH3 is 2. The monoisotopic (exact) mass is 480 g/mol. The van der Waals surface area contributed by atoms with E-state index in [4.69, 9.17) is 9.47 Å². The van der Waals surface area contributed by atoms with Gasteiger partial charge < -0.3 is 14.4 Å². The molecule has 8 heteroatoms. The van der Waals surface area contributed by atoms with Gasteiger partial charge in [-0.05, 0) is 48.7 Å². The minimum Gasteiger partial charge on any atom is -0.497 e. The highest BCUT2D eigenvalue weighted by Crippen LogP contribution is 2.36. The highest BCUT2D eigenvalue weighted by molar-refractivity contribution is 7.92. The van der Waals surface area contributed by atoms with Crippen molar-refractivity contribution in [3.05, 3.63) is 83.4 Å². The van der Waals surface area contributed by atoms with Gasteiger partial charge in [0.1, 0.15) is 18.0 Å². The van der Waals surface area contributed by atoms with Crippen LogP contribution in [0.4, 0.5) is 5.69 Å². The summed E-state index contributed by atoms with van der Waals surface area (Å²) in [6.07, 6.45) is 0.731. The van der Waals surface area contributed by atoms with E-state index in [1.165, 1.54) is 19.8 Å². The van der Waals surface area contributed by atoms with E-state index in [2.05, 4.69) is 6.07 Å². The average Bonchev–Trinajstić information content (AvgIpc) is 2.86. The van der Waals surface area contributed by atoms with Gasteiger partial charge in [0, 0.05) is 19.2 Å². The molecule has 34 heavy (non-hydrogen) atoms. The number of nitrogens with zero attached hydrogens (tertiary/aromatic N) is 2. The molecular formula is C26H28N2O5S. The summed E-state index contributed by atoms with van der Waals surface area (Å²) in [6.45, 7) is 2.51. The van der Waals surface area contributed by atoms with Crippen molar-refractivity contribution in [1.82, 2.24) is 4.90 Å². The molecule has 178 valence electrons. The van der Waals surface area contributed by atoms with E-state index in [1.54, 1.807) is 47.4 Å². The first-order valence-corrected chi connectivity index (χ1v) is 12.4. The van der Waals surface area contributed by atoms with Crippen LogP contribution in [0.3, 0.4) is 0 Å². The lowest BCUT2D eigenvalue weighted by Crippen LogP contribution is -2.44. The number of ether oxygens (including phenoxy) is 2. The predicted octanol–water partition coefficient (Wildman–Crippen LogP) is 3.79. The summed E-state index contributed by atoms with van der Waals surface area (Å²) < 4.78 is 39.5. The Morgan fingerprint density at radius 2 is 1.68 bits per heavy atom. The van der Waals surface area contributed by atoms with E-state index in [1.807, 2.05) is 25.1 Å². The second-order valence-electron chi connectivity index (χ2n) is 8.20. The molecule has 3 aromatic rings. The van der Waals surface area contributed by atoms with Crippen LogP contribution >= 0.6 is 0 Å². The number of carbonyl (C=O) groups excluding carboxylic acids is 1. The number of hydrogen-bond donors (Lipinski definition) is 0. The van der Waals surface area contributed by atoms with E-state index in [0.717, 1.165) is 21.9 Å². The maximum Gasteiger partial charge on any atom is 0.264 e. The summed E-state index contributed by atoms with van der Waals surface area (Å²) in [4.78, 5) is 15.2. The predicted molar refractivity (Wildman–Crippen MR) is 131 cm³/mol. The zero-order valence-corrected chi connectivity index (χ0v) is 20.3. The highest BCUT2D eigenvalue weighted by Gasteiger charge is 2.32. The minimum absolute atomic E-state index is 0.0970. The van der Waals surface area contributed by atoms with Crippen LogP contribution in [0.1, 0.15) is 16.7 Å². The van der Waals surface area contributed by atoms with E-state index in [9.17, 15) is 13.2 Å². The van der Waals surface area contributed by atoms with Crippen molar-refractivity contribution in [2.24, 2.45) is 0 Å². The maximum atomic E-state index is 13.8. The average molecular weight is 481 g/mol. The van der Waals surface area contributed by atoms with Crippen LogP contribution in [-0.4, -0.2) is 46.5 Å². The van der Waals surface area contributed by atoms with Crippen molar-refractivity contribution >= 4 is 21.6 Å². The Morgan fingerprint density at radius 1 is 0.971 bits per heavy atom. The molecule has 0 N–H and O–H groups in total. The van der Waals surface area contributed by atoms with Gasteiger partial charge in [0.15, 0.2) is 0 Å². The third kappa shape index (κ3) is 4.72. The van der Waals surface area contributed by atoms with E-state index < -0.39 is 10.0 Å². The Morgan fingerprint density at radius 3 is 2.35 bits per heavy atom. The summed E-state index contributed by atoms with van der Waals surface area (Å²) in [6, 6.07) is 19.4. The molecule has 1 amide bonds. The molecule has 1 heterocycles. The van der Waals surface area contributed by atoms with Gasteiger partial charge in [-0.1, -0.05) is 42.0 Å². The van der Waals surface area contributed by atoms with Crippen molar-refractivity contribution in [3.63, 3.8) is 0 Å². The quantitative estimate of drug-likeness (QED) is 0.514. The SMILES string of the molecule is COc1ccc(OC)c(N(CC(=O)N2CCc3ccccc3C2)S(=O)(=O)c2ccc(C)cc2)c1. The Balaban J connectivity index is 1.73. The lowest BCUT2D eigenvalue weighted by Gasteiger charge is -2.32. The Bertz CT molecular complexity index is 1290. The fraction of sp³-hybridized carbons (Fsp3) is 0.269. The summed E-state index contributed by atoms with van der Waals surface area (Å²) in [5, 5.41) is 0. The Kier molecular flexibility index (Phi) is 6.79. The van der Waals surface area contributed by atoms with Gasteiger partial charge in [-0.25, -0.2) is 8.42 Å². The molecule has 7 nitrogen and oxygen atoms in total. The first-order valence-electron chi connectivity index (χ1n) is 11.0. The van der Waals surface area contributed by atoms with Crippen LogP contribution < -0.4 is 13.8 Å².